The Bertz CT molecular complexity index is 612. The molecule has 0 bridgehead atoms. The number of carbonyl (C=O) groups is 2. The van der Waals surface area contributed by atoms with Crippen molar-refractivity contribution in [3.8, 4) is 0 Å². The Labute approximate surface area is 169 Å². The van der Waals surface area contributed by atoms with Gasteiger partial charge < -0.3 is 15.4 Å². The average Bonchev–Trinajstić information content (AvgIpc) is 2.72. The lowest BCUT2D eigenvalue weighted by atomic mass is 9.84. The average molecular weight is 389 g/mol. The molecular weight excluding hydrogens is 352 g/mol. The molecule has 5 heteroatoms. The van der Waals surface area contributed by atoms with Crippen LogP contribution >= 0.6 is 0 Å². The van der Waals surface area contributed by atoms with Crippen molar-refractivity contribution in [3.05, 3.63) is 35.4 Å². The fourth-order valence-electron chi connectivity index (χ4n) is 4.04. The molecule has 2 rings (SSSR count). The first-order valence-corrected chi connectivity index (χ1v) is 10.7. The zero-order valence-electron chi connectivity index (χ0n) is 17.5. The predicted octanol–water partition coefficient (Wildman–Crippen LogP) is 3.97. The lowest BCUT2D eigenvalue weighted by Crippen LogP contribution is -2.42. The number of hydrogen-bond acceptors (Lipinski definition) is 4. The van der Waals surface area contributed by atoms with Crippen LogP contribution in [0.2, 0.25) is 0 Å². The van der Waals surface area contributed by atoms with Gasteiger partial charge in [0.1, 0.15) is 0 Å². The van der Waals surface area contributed by atoms with E-state index in [1.165, 1.54) is 32.1 Å². The van der Waals surface area contributed by atoms with Gasteiger partial charge in [-0.15, -0.1) is 0 Å². The molecule has 1 aromatic carbocycles. The molecule has 0 saturated heterocycles. The largest absolute Gasteiger partial charge is 0.385 e. The Morgan fingerprint density at radius 2 is 1.89 bits per heavy atom. The second-order valence-corrected chi connectivity index (χ2v) is 7.92. The van der Waals surface area contributed by atoms with Gasteiger partial charge in [-0.05, 0) is 44.4 Å². The van der Waals surface area contributed by atoms with Crippen LogP contribution in [0.25, 0.3) is 0 Å². The zero-order chi connectivity index (χ0) is 20.2. The molecule has 28 heavy (non-hydrogen) atoms. The van der Waals surface area contributed by atoms with Crippen LogP contribution in [-0.4, -0.2) is 45.0 Å². The SMILES string of the molecule is CNCC(CC1CCCCC1)NC(=O)c1cccc(C(=O)CCCCOC)c1. The summed E-state index contributed by atoms with van der Waals surface area (Å²) in [7, 11) is 3.59. The van der Waals surface area contributed by atoms with Crippen LogP contribution in [-0.2, 0) is 4.74 Å². The van der Waals surface area contributed by atoms with Gasteiger partial charge in [-0.1, -0.05) is 44.2 Å². The third kappa shape index (κ3) is 7.72. The summed E-state index contributed by atoms with van der Waals surface area (Å²) in [5, 5.41) is 6.38. The van der Waals surface area contributed by atoms with E-state index < -0.39 is 0 Å². The molecule has 0 spiro atoms. The number of ketones is 1. The number of likely N-dealkylation sites (N-methyl/N-ethyl adjacent to an activating group) is 1. The maximum absolute atomic E-state index is 12.8. The second kappa shape index (κ2) is 12.7. The molecule has 2 N–H and O–H groups in total. The monoisotopic (exact) mass is 388 g/mol. The van der Waals surface area contributed by atoms with Crippen molar-refractivity contribution < 1.29 is 14.3 Å². The third-order valence-corrected chi connectivity index (χ3v) is 5.58. The van der Waals surface area contributed by atoms with E-state index in [0.29, 0.717) is 30.1 Å². The summed E-state index contributed by atoms with van der Waals surface area (Å²) in [5.74, 6) is 0.692. The fourth-order valence-corrected chi connectivity index (χ4v) is 4.04. The minimum absolute atomic E-state index is 0.0831. The second-order valence-electron chi connectivity index (χ2n) is 7.92. The number of ether oxygens (including phenoxy) is 1. The summed E-state index contributed by atoms with van der Waals surface area (Å²) < 4.78 is 5.02. The minimum Gasteiger partial charge on any atom is -0.385 e. The van der Waals surface area contributed by atoms with Gasteiger partial charge >= 0.3 is 0 Å². The highest BCUT2D eigenvalue weighted by Gasteiger charge is 2.21. The number of nitrogens with one attached hydrogen (secondary N) is 2. The van der Waals surface area contributed by atoms with E-state index in [2.05, 4.69) is 10.6 Å². The number of Topliss-reactive ketones (excluding diaryl/α,β-unsaturated/α-hetero) is 1. The lowest BCUT2D eigenvalue weighted by Gasteiger charge is -2.27. The number of methoxy groups -OCH3 is 1. The Hall–Kier alpha value is -1.72. The molecule has 1 aliphatic carbocycles. The Morgan fingerprint density at radius 1 is 1.14 bits per heavy atom. The summed E-state index contributed by atoms with van der Waals surface area (Å²) >= 11 is 0. The molecule has 156 valence electrons. The van der Waals surface area contributed by atoms with E-state index in [4.69, 9.17) is 4.74 Å². The molecule has 1 saturated carbocycles. The highest BCUT2D eigenvalue weighted by atomic mass is 16.5. The standard InChI is InChI=1S/C23H36N2O3/c1-24-17-21(15-18-9-4-3-5-10-18)25-23(27)20-12-8-11-19(16-20)22(26)13-6-7-14-28-2/h8,11-12,16,18,21,24H,3-7,9-10,13-15,17H2,1-2H3,(H,25,27). The van der Waals surface area contributed by atoms with E-state index in [9.17, 15) is 9.59 Å². The number of carbonyl (C=O) groups excluding carboxylic acids is 2. The van der Waals surface area contributed by atoms with Crippen molar-refractivity contribution >= 4 is 11.7 Å². The van der Waals surface area contributed by atoms with E-state index in [0.717, 1.165) is 25.8 Å². The maximum Gasteiger partial charge on any atom is 0.251 e. The van der Waals surface area contributed by atoms with Crippen LogP contribution < -0.4 is 10.6 Å². The molecule has 0 aliphatic heterocycles. The first kappa shape index (κ1) is 22.6. The molecule has 1 atom stereocenters. The normalized spacial score (nSPS) is 15.9. The maximum atomic E-state index is 12.8. The van der Waals surface area contributed by atoms with Gasteiger partial charge in [0.05, 0.1) is 0 Å². The number of amides is 1. The zero-order valence-corrected chi connectivity index (χ0v) is 17.5. The first-order chi connectivity index (χ1) is 13.6. The van der Waals surface area contributed by atoms with Gasteiger partial charge in [-0.25, -0.2) is 0 Å². The molecule has 1 unspecified atom stereocenters. The van der Waals surface area contributed by atoms with Gasteiger partial charge in [-0.3, -0.25) is 9.59 Å². The molecule has 1 aromatic rings. The number of unbranched alkanes of at least 4 members (excludes halogenated alkanes) is 1. The summed E-state index contributed by atoms with van der Waals surface area (Å²) in [6.07, 6.45) is 9.66. The highest BCUT2D eigenvalue weighted by molar-refractivity contribution is 6.00. The van der Waals surface area contributed by atoms with Crippen LogP contribution in [0.3, 0.4) is 0 Å². The fraction of sp³-hybridized carbons (Fsp3) is 0.652. The molecule has 1 fully saturated rings. The molecule has 1 aliphatic rings. The minimum atomic E-state index is -0.0925. The Balaban J connectivity index is 1.92. The molecule has 5 nitrogen and oxygen atoms in total. The molecule has 0 aromatic heterocycles. The highest BCUT2D eigenvalue weighted by Crippen LogP contribution is 2.27. The van der Waals surface area contributed by atoms with Gasteiger partial charge in [0.25, 0.3) is 5.91 Å². The van der Waals surface area contributed by atoms with Crippen LogP contribution in [0, 0.1) is 5.92 Å². The molecule has 1 amide bonds. The molecular formula is C23H36N2O3. The number of benzene rings is 1. The topological polar surface area (TPSA) is 67.4 Å². The van der Waals surface area contributed by atoms with Gasteiger partial charge in [0.15, 0.2) is 5.78 Å². The molecule has 0 heterocycles. The Morgan fingerprint density at radius 3 is 2.61 bits per heavy atom. The third-order valence-electron chi connectivity index (χ3n) is 5.58. The van der Waals surface area contributed by atoms with Crippen LogP contribution in [0.1, 0.15) is 78.5 Å². The van der Waals surface area contributed by atoms with Gasteiger partial charge in [0, 0.05) is 43.9 Å². The van der Waals surface area contributed by atoms with Crippen molar-refractivity contribution in [1.29, 1.82) is 0 Å². The van der Waals surface area contributed by atoms with Crippen LogP contribution in [0.15, 0.2) is 24.3 Å². The van der Waals surface area contributed by atoms with Crippen molar-refractivity contribution in [2.75, 3.05) is 27.3 Å². The summed E-state index contributed by atoms with van der Waals surface area (Å²) in [6.45, 7) is 1.43. The van der Waals surface area contributed by atoms with E-state index >= 15 is 0 Å². The lowest BCUT2D eigenvalue weighted by molar-refractivity contribution is 0.0928. The quantitative estimate of drug-likeness (QED) is 0.420. The number of rotatable bonds is 12. The summed E-state index contributed by atoms with van der Waals surface area (Å²) in [6, 6.07) is 7.22. The molecule has 0 radical (unpaired) electrons. The van der Waals surface area contributed by atoms with E-state index in [1.807, 2.05) is 7.05 Å². The van der Waals surface area contributed by atoms with E-state index in [-0.39, 0.29) is 17.7 Å². The Kier molecular flexibility index (Phi) is 10.2. The van der Waals surface area contributed by atoms with Crippen molar-refractivity contribution in [2.24, 2.45) is 5.92 Å². The van der Waals surface area contributed by atoms with Crippen molar-refractivity contribution in [2.45, 2.75) is 63.8 Å². The summed E-state index contributed by atoms with van der Waals surface area (Å²) in [4.78, 5) is 25.2. The van der Waals surface area contributed by atoms with Crippen LogP contribution in [0.4, 0.5) is 0 Å². The van der Waals surface area contributed by atoms with Gasteiger partial charge in [0.2, 0.25) is 0 Å². The summed E-state index contributed by atoms with van der Waals surface area (Å²) in [5.41, 5.74) is 1.18. The first-order valence-electron chi connectivity index (χ1n) is 10.7. The van der Waals surface area contributed by atoms with Crippen molar-refractivity contribution in [3.63, 3.8) is 0 Å². The predicted molar refractivity (Wildman–Crippen MR) is 113 cm³/mol. The number of hydrogen-bond donors (Lipinski definition) is 2. The van der Waals surface area contributed by atoms with E-state index in [1.54, 1.807) is 31.4 Å². The van der Waals surface area contributed by atoms with Gasteiger partial charge in [-0.2, -0.15) is 0 Å². The smallest absolute Gasteiger partial charge is 0.251 e. The van der Waals surface area contributed by atoms with Crippen LogP contribution in [0.5, 0.6) is 0 Å². The van der Waals surface area contributed by atoms with Crippen molar-refractivity contribution in [1.82, 2.24) is 10.6 Å².